The molecule has 0 bridgehead atoms. The summed E-state index contributed by atoms with van der Waals surface area (Å²) in [4.78, 5) is 22.1. The van der Waals surface area contributed by atoms with Crippen LogP contribution in [-0.2, 0) is 0 Å². The van der Waals surface area contributed by atoms with Crippen molar-refractivity contribution < 1.29 is 9.72 Å². The first-order chi connectivity index (χ1) is 10.1. The highest BCUT2D eigenvalue weighted by atomic mass is 16.6. The van der Waals surface area contributed by atoms with Crippen molar-refractivity contribution in [1.82, 2.24) is 5.43 Å². The lowest BCUT2D eigenvalue weighted by molar-refractivity contribution is -0.385. The second-order valence-corrected chi connectivity index (χ2v) is 4.86. The number of carbonyl (C=O) groups excluding carboxylic acids is 1. The van der Waals surface area contributed by atoms with Gasteiger partial charge in [0.25, 0.3) is 11.6 Å². The smallest absolute Gasteiger partial charge is 0.267 e. The van der Waals surface area contributed by atoms with Crippen LogP contribution in [0.25, 0.3) is 0 Å². The van der Waals surface area contributed by atoms with Crippen LogP contribution in [0, 0.1) is 17.0 Å². The largest absolute Gasteiger partial charge is 0.272 e. The average molecular weight is 291 g/mol. The zero-order chi connectivity index (χ0) is 15.7. The van der Waals surface area contributed by atoms with Crippen molar-refractivity contribution in [3.05, 3.63) is 39.4 Å². The second kappa shape index (κ2) is 8.84. The summed E-state index contributed by atoms with van der Waals surface area (Å²) in [6.07, 6.45) is 7.14. The van der Waals surface area contributed by atoms with Gasteiger partial charge >= 0.3 is 0 Å². The molecule has 0 saturated heterocycles. The Bertz CT molecular complexity index is 527. The van der Waals surface area contributed by atoms with Gasteiger partial charge in [-0.05, 0) is 31.9 Å². The van der Waals surface area contributed by atoms with Gasteiger partial charge in [0, 0.05) is 23.4 Å². The van der Waals surface area contributed by atoms with Crippen molar-refractivity contribution in [2.45, 2.75) is 46.0 Å². The zero-order valence-corrected chi connectivity index (χ0v) is 12.5. The molecule has 0 spiro atoms. The van der Waals surface area contributed by atoms with E-state index in [9.17, 15) is 14.9 Å². The molecule has 0 aliphatic rings. The molecule has 1 aromatic carbocycles. The Hall–Kier alpha value is -2.24. The molecule has 0 saturated carbocycles. The number of benzene rings is 1. The molecule has 1 amide bonds. The number of carbonyl (C=O) groups is 1. The molecule has 0 heterocycles. The Morgan fingerprint density at radius 1 is 1.38 bits per heavy atom. The lowest BCUT2D eigenvalue weighted by atomic mass is 10.1. The molecule has 21 heavy (non-hydrogen) atoms. The van der Waals surface area contributed by atoms with Crippen LogP contribution in [0.1, 0.15) is 54.9 Å². The van der Waals surface area contributed by atoms with Crippen LogP contribution in [-0.4, -0.2) is 17.0 Å². The van der Waals surface area contributed by atoms with E-state index >= 15 is 0 Å². The minimum absolute atomic E-state index is 0.00553. The van der Waals surface area contributed by atoms with Gasteiger partial charge in [0.15, 0.2) is 0 Å². The number of hydrogen-bond acceptors (Lipinski definition) is 4. The van der Waals surface area contributed by atoms with Crippen LogP contribution in [0.5, 0.6) is 0 Å². The molecule has 114 valence electrons. The van der Waals surface area contributed by atoms with E-state index in [1.54, 1.807) is 13.1 Å². The van der Waals surface area contributed by atoms with E-state index in [1.807, 2.05) is 0 Å². The quantitative estimate of drug-likeness (QED) is 0.344. The predicted molar refractivity (Wildman–Crippen MR) is 82.6 cm³/mol. The Balaban J connectivity index is 2.47. The summed E-state index contributed by atoms with van der Waals surface area (Å²) in [6, 6.07) is 4.25. The number of nitrogens with zero attached hydrogens (tertiary/aromatic N) is 2. The fourth-order valence-corrected chi connectivity index (χ4v) is 1.90. The fourth-order valence-electron chi connectivity index (χ4n) is 1.90. The first-order valence-electron chi connectivity index (χ1n) is 7.13. The van der Waals surface area contributed by atoms with Gasteiger partial charge in [-0.25, -0.2) is 5.43 Å². The van der Waals surface area contributed by atoms with Crippen molar-refractivity contribution in [2.75, 3.05) is 0 Å². The van der Waals surface area contributed by atoms with E-state index in [0.29, 0.717) is 11.1 Å². The fraction of sp³-hybridized carbons (Fsp3) is 0.467. The summed E-state index contributed by atoms with van der Waals surface area (Å²) >= 11 is 0. The van der Waals surface area contributed by atoms with E-state index in [-0.39, 0.29) is 11.6 Å². The highest BCUT2D eigenvalue weighted by molar-refractivity contribution is 5.94. The SMILES string of the molecule is CCCCCC/C=N\NC(=O)c1ccc([N+](=O)[O-])c(C)c1. The summed E-state index contributed by atoms with van der Waals surface area (Å²) in [5, 5.41) is 14.6. The number of hydrazone groups is 1. The number of amides is 1. The number of aryl methyl sites for hydroxylation is 1. The predicted octanol–water partition coefficient (Wildman–Crippen LogP) is 3.59. The molecule has 1 rings (SSSR count). The molecule has 1 N–H and O–H groups in total. The Labute approximate surface area is 124 Å². The lowest BCUT2D eigenvalue weighted by Gasteiger charge is -2.02. The third-order valence-corrected chi connectivity index (χ3v) is 3.10. The molecule has 0 aliphatic heterocycles. The van der Waals surface area contributed by atoms with E-state index in [0.717, 1.165) is 19.3 Å². The molecular weight excluding hydrogens is 270 g/mol. The van der Waals surface area contributed by atoms with Crippen molar-refractivity contribution in [3.8, 4) is 0 Å². The molecule has 6 nitrogen and oxygen atoms in total. The Kier molecular flexibility index (Phi) is 7.08. The monoisotopic (exact) mass is 291 g/mol. The number of unbranched alkanes of at least 4 members (excludes halogenated alkanes) is 4. The second-order valence-electron chi connectivity index (χ2n) is 4.86. The normalized spacial score (nSPS) is 10.8. The maximum Gasteiger partial charge on any atom is 0.272 e. The van der Waals surface area contributed by atoms with E-state index in [1.165, 1.54) is 31.0 Å². The number of hydrogen-bond donors (Lipinski definition) is 1. The number of nitro groups is 1. The van der Waals surface area contributed by atoms with Gasteiger partial charge in [0.05, 0.1) is 4.92 Å². The van der Waals surface area contributed by atoms with Crippen LogP contribution in [0.3, 0.4) is 0 Å². The van der Waals surface area contributed by atoms with E-state index in [4.69, 9.17) is 0 Å². The van der Waals surface area contributed by atoms with Crippen LogP contribution in [0.4, 0.5) is 5.69 Å². The molecule has 0 radical (unpaired) electrons. The van der Waals surface area contributed by atoms with Crippen LogP contribution < -0.4 is 5.43 Å². The van der Waals surface area contributed by atoms with Crippen LogP contribution in [0.15, 0.2) is 23.3 Å². The molecule has 0 aromatic heterocycles. The lowest BCUT2D eigenvalue weighted by Crippen LogP contribution is -2.17. The summed E-state index contributed by atoms with van der Waals surface area (Å²) in [6.45, 7) is 3.76. The van der Waals surface area contributed by atoms with Crippen molar-refractivity contribution in [3.63, 3.8) is 0 Å². The topological polar surface area (TPSA) is 84.6 Å². The molecule has 0 atom stereocenters. The maximum absolute atomic E-state index is 11.8. The first kappa shape index (κ1) is 16.8. The number of rotatable bonds is 8. The van der Waals surface area contributed by atoms with Gasteiger partial charge < -0.3 is 0 Å². The number of nitro benzene ring substituents is 1. The van der Waals surface area contributed by atoms with Crippen LogP contribution in [0.2, 0.25) is 0 Å². The standard InChI is InChI=1S/C15H21N3O3/c1-3-4-5-6-7-10-16-17-15(19)13-8-9-14(18(20)21)12(2)11-13/h8-11H,3-7H2,1-2H3,(H,17,19)/b16-10-. The third-order valence-electron chi connectivity index (χ3n) is 3.10. The minimum atomic E-state index is -0.467. The molecule has 1 aromatic rings. The summed E-state index contributed by atoms with van der Waals surface area (Å²) < 4.78 is 0. The molecular formula is C15H21N3O3. The van der Waals surface area contributed by atoms with Crippen LogP contribution >= 0.6 is 0 Å². The summed E-state index contributed by atoms with van der Waals surface area (Å²) in [5.74, 6) is -0.363. The van der Waals surface area contributed by atoms with Gasteiger partial charge in [-0.15, -0.1) is 0 Å². The molecule has 0 unspecified atom stereocenters. The van der Waals surface area contributed by atoms with Gasteiger partial charge in [-0.1, -0.05) is 26.2 Å². The van der Waals surface area contributed by atoms with Crippen molar-refractivity contribution in [1.29, 1.82) is 0 Å². The van der Waals surface area contributed by atoms with Gasteiger partial charge in [0.1, 0.15) is 0 Å². The van der Waals surface area contributed by atoms with E-state index < -0.39 is 4.92 Å². The van der Waals surface area contributed by atoms with Gasteiger partial charge in [0.2, 0.25) is 0 Å². The highest BCUT2D eigenvalue weighted by Gasteiger charge is 2.13. The summed E-state index contributed by atoms with van der Waals surface area (Å²) in [5.41, 5.74) is 3.25. The zero-order valence-electron chi connectivity index (χ0n) is 12.5. The molecule has 0 fully saturated rings. The Morgan fingerprint density at radius 2 is 2.14 bits per heavy atom. The third kappa shape index (κ3) is 5.72. The van der Waals surface area contributed by atoms with Crippen molar-refractivity contribution >= 4 is 17.8 Å². The average Bonchev–Trinajstić information content (AvgIpc) is 2.45. The van der Waals surface area contributed by atoms with E-state index in [2.05, 4.69) is 17.5 Å². The maximum atomic E-state index is 11.8. The van der Waals surface area contributed by atoms with Gasteiger partial charge in [-0.3, -0.25) is 14.9 Å². The number of nitrogens with one attached hydrogen (secondary N) is 1. The molecule has 6 heteroatoms. The first-order valence-corrected chi connectivity index (χ1v) is 7.13. The van der Waals surface area contributed by atoms with Crippen molar-refractivity contribution in [2.24, 2.45) is 5.10 Å². The van der Waals surface area contributed by atoms with Gasteiger partial charge in [-0.2, -0.15) is 5.10 Å². The molecule has 0 aliphatic carbocycles. The Morgan fingerprint density at radius 3 is 2.76 bits per heavy atom. The summed E-state index contributed by atoms with van der Waals surface area (Å²) in [7, 11) is 0. The minimum Gasteiger partial charge on any atom is -0.267 e. The highest BCUT2D eigenvalue weighted by Crippen LogP contribution is 2.18.